The van der Waals surface area contributed by atoms with Gasteiger partial charge in [-0.05, 0) is 50.6 Å². The van der Waals surface area contributed by atoms with Crippen molar-refractivity contribution in [3.05, 3.63) is 75.9 Å². The molecule has 0 spiro atoms. The number of anilines is 1. The number of amides is 1. The van der Waals surface area contributed by atoms with Crippen LogP contribution in [-0.4, -0.2) is 33.0 Å². The number of nitrogens with zero attached hydrogens (tertiary/aromatic N) is 4. The molecule has 2 aromatic carbocycles. The van der Waals surface area contributed by atoms with E-state index in [1.807, 2.05) is 44.2 Å². The van der Waals surface area contributed by atoms with Gasteiger partial charge in [0.2, 0.25) is 5.89 Å². The van der Waals surface area contributed by atoms with Crippen LogP contribution in [0.3, 0.4) is 0 Å². The van der Waals surface area contributed by atoms with Gasteiger partial charge < -0.3 is 14.5 Å². The molecule has 8 nitrogen and oxygen atoms in total. The van der Waals surface area contributed by atoms with Gasteiger partial charge in [0.1, 0.15) is 17.2 Å². The number of ether oxygens (including phenoxy) is 1. The first-order chi connectivity index (χ1) is 15.4. The Morgan fingerprint density at radius 1 is 1.19 bits per heavy atom. The minimum absolute atomic E-state index is 0.232. The summed E-state index contributed by atoms with van der Waals surface area (Å²) >= 11 is 6.04. The molecule has 1 N–H and O–H groups in total. The number of aromatic nitrogens is 4. The zero-order valence-electron chi connectivity index (χ0n) is 18.1. The van der Waals surface area contributed by atoms with Crippen molar-refractivity contribution in [3.8, 4) is 17.2 Å². The number of nitrogens with one attached hydrogen (secondary N) is 1. The zero-order valence-corrected chi connectivity index (χ0v) is 18.9. The Kier molecular flexibility index (Phi) is 5.96. The Balaban J connectivity index is 1.56. The highest BCUT2D eigenvalue weighted by Gasteiger charge is 2.20. The van der Waals surface area contributed by atoms with Crippen molar-refractivity contribution in [1.29, 1.82) is 0 Å². The van der Waals surface area contributed by atoms with Crippen LogP contribution in [0, 0.1) is 20.8 Å². The van der Waals surface area contributed by atoms with Crippen LogP contribution < -0.4 is 10.1 Å². The van der Waals surface area contributed by atoms with Crippen LogP contribution in [-0.2, 0) is 6.54 Å². The largest absolute Gasteiger partial charge is 0.496 e. The number of methoxy groups -OCH3 is 1. The molecule has 9 heteroatoms. The molecule has 4 aromatic rings. The highest BCUT2D eigenvalue weighted by molar-refractivity contribution is 6.31. The summed E-state index contributed by atoms with van der Waals surface area (Å²) in [7, 11) is 1.60. The lowest BCUT2D eigenvalue weighted by atomic mass is 10.2. The number of hydrogen-bond donors (Lipinski definition) is 1. The van der Waals surface area contributed by atoms with E-state index in [2.05, 4.69) is 20.6 Å². The molecule has 0 fully saturated rings. The number of hydrogen-bond acceptors (Lipinski definition) is 6. The second-order valence-electron chi connectivity index (χ2n) is 7.32. The van der Waals surface area contributed by atoms with Crippen molar-refractivity contribution in [2.75, 3.05) is 12.4 Å². The maximum Gasteiger partial charge on any atom is 0.278 e. The number of rotatable bonds is 6. The van der Waals surface area contributed by atoms with Gasteiger partial charge in [-0.25, -0.2) is 9.67 Å². The third-order valence-electron chi connectivity index (χ3n) is 5.18. The standard InChI is InChI=1S/C23H22ClN5O3/c1-13-9-10-16(24)11-18(13)25-22(30)21-14(2)29(28-27-21)12-19-15(3)32-23(26-19)17-7-5-6-8-20(17)31-4/h5-11H,12H2,1-4H3,(H,25,30). The smallest absolute Gasteiger partial charge is 0.278 e. The number of halogens is 1. The average Bonchev–Trinajstić information content (AvgIpc) is 3.33. The fourth-order valence-corrected chi connectivity index (χ4v) is 3.46. The number of carbonyl (C=O) groups excluding carboxylic acids is 1. The fraction of sp³-hybridized carbons (Fsp3) is 0.217. The van der Waals surface area contributed by atoms with Crippen molar-refractivity contribution < 1.29 is 13.9 Å². The van der Waals surface area contributed by atoms with Gasteiger partial charge in [0, 0.05) is 10.7 Å². The molecular weight excluding hydrogens is 430 g/mol. The van der Waals surface area contributed by atoms with Gasteiger partial charge in [-0.2, -0.15) is 0 Å². The molecular formula is C23H22ClN5O3. The Hall–Kier alpha value is -3.65. The third-order valence-corrected chi connectivity index (χ3v) is 5.41. The van der Waals surface area contributed by atoms with Crippen LogP contribution in [0.4, 0.5) is 5.69 Å². The van der Waals surface area contributed by atoms with E-state index in [-0.39, 0.29) is 11.6 Å². The van der Waals surface area contributed by atoms with E-state index in [0.717, 1.165) is 11.1 Å². The van der Waals surface area contributed by atoms with Gasteiger partial charge in [0.05, 0.1) is 24.9 Å². The quantitative estimate of drug-likeness (QED) is 0.451. The summed E-state index contributed by atoms with van der Waals surface area (Å²) in [5.41, 5.74) is 3.83. The minimum Gasteiger partial charge on any atom is -0.496 e. The Morgan fingerprint density at radius 3 is 2.75 bits per heavy atom. The zero-order chi connectivity index (χ0) is 22.8. The molecule has 0 radical (unpaired) electrons. The lowest BCUT2D eigenvalue weighted by Gasteiger charge is -2.08. The number of aryl methyl sites for hydroxylation is 2. The number of para-hydroxylation sites is 1. The van der Waals surface area contributed by atoms with Crippen LogP contribution in [0.25, 0.3) is 11.5 Å². The van der Waals surface area contributed by atoms with Gasteiger partial charge in [0.15, 0.2) is 5.69 Å². The molecule has 0 atom stereocenters. The summed E-state index contributed by atoms with van der Waals surface area (Å²) in [4.78, 5) is 17.4. The molecule has 0 aliphatic heterocycles. The summed E-state index contributed by atoms with van der Waals surface area (Å²) < 4.78 is 12.9. The van der Waals surface area contributed by atoms with E-state index in [1.54, 1.807) is 30.8 Å². The monoisotopic (exact) mass is 451 g/mol. The Morgan fingerprint density at radius 2 is 1.97 bits per heavy atom. The van der Waals surface area contributed by atoms with Crippen molar-refractivity contribution in [2.45, 2.75) is 27.3 Å². The summed E-state index contributed by atoms with van der Waals surface area (Å²) in [6, 6.07) is 12.8. The van der Waals surface area contributed by atoms with E-state index in [9.17, 15) is 4.79 Å². The molecule has 2 aromatic heterocycles. The fourth-order valence-electron chi connectivity index (χ4n) is 3.28. The first kappa shape index (κ1) is 21.6. The second kappa shape index (κ2) is 8.84. The van der Waals surface area contributed by atoms with Crippen LogP contribution in [0.1, 0.15) is 33.2 Å². The molecule has 1 amide bonds. The summed E-state index contributed by atoms with van der Waals surface area (Å²) in [5.74, 6) is 1.43. The molecule has 32 heavy (non-hydrogen) atoms. The van der Waals surface area contributed by atoms with Crippen LogP contribution in [0.2, 0.25) is 5.02 Å². The molecule has 0 unspecified atom stereocenters. The molecule has 0 saturated carbocycles. The first-order valence-corrected chi connectivity index (χ1v) is 10.3. The predicted octanol–water partition coefficient (Wildman–Crippen LogP) is 4.82. The van der Waals surface area contributed by atoms with Crippen molar-refractivity contribution in [1.82, 2.24) is 20.0 Å². The predicted molar refractivity (Wildman–Crippen MR) is 121 cm³/mol. The summed E-state index contributed by atoms with van der Waals surface area (Å²) in [5, 5.41) is 11.6. The van der Waals surface area contributed by atoms with E-state index in [1.165, 1.54) is 0 Å². The maximum atomic E-state index is 12.8. The summed E-state index contributed by atoms with van der Waals surface area (Å²) in [6.07, 6.45) is 0. The molecule has 164 valence electrons. The molecule has 0 bridgehead atoms. The van der Waals surface area contributed by atoms with Crippen molar-refractivity contribution in [2.24, 2.45) is 0 Å². The molecule has 2 heterocycles. The van der Waals surface area contributed by atoms with Crippen molar-refractivity contribution in [3.63, 3.8) is 0 Å². The molecule has 0 aliphatic rings. The topological polar surface area (TPSA) is 95.1 Å². The summed E-state index contributed by atoms with van der Waals surface area (Å²) in [6.45, 7) is 5.83. The van der Waals surface area contributed by atoms with Gasteiger partial charge in [0.25, 0.3) is 5.91 Å². The lowest BCUT2D eigenvalue weighted by Crippen LogP contribution is -2.15. The van der Waals surface area contributed by atoms with Crippen LogP contribution in [0.15, 0.2) is 46.9 Å². The van der Waals surface area contributed by atoms with E-state index in [4.69, 9.17) is 20.8 Å². The van der Waals surface area contributed by atoms with Gasteiger partial charge in [-0.15, -0.1) is 5.10 Å². The maximum absolute atomic E-state index is 12.8. The first-order valence-electron chi connectivity index (χ1n) is 9.94. The highest BCUT2D eigenvalue weighted by Crippen LogP contribution is 2.30. The minimum atomic E-state index is -0.356. The van der Waals surface area contributed by atoms with E-state index < -0.39 is 0 Å². The molecule has 0 saturated heterocycles. The number of oxazole rings is 1. The Labute approximate surface area is 190 Å². The number of benzene rings is 2. The van der Waals surface area contributed by atoms with Gasteiger partial charge in [-0.1, -0.05) is 35.0 Å². The third kappa shape index (κ3) is 4.22. The number of carbonyl (C=O) groups is 1. The van der Waals surface area contributed by atoms with Crippen LogP contribution in [0.5, 0.6) is 5.75 Å². The lowest BCUT2D eigenvalue weighted by molar-refractivity contribution is 0.102. The second-order valence-corrected chi connectivity index (χ2v) is 7.75. The Bertz CT molecular complexity index is 1290. The molecule has 4 rings (SSSR count). The average molecular weight is 452 g/mol. The normalized spacial score (nSPS) is 10.9. The molecule has 0 aliphatic carbocycles. The SMILES string of the molecule is COc1ccccc1-c1nc(Cn2nnc(C(=O)Nc3cc(Cl)ccc3C)c2C)c(C)o1. The highest BCUT2D eigenvalue weighted by atomic mass is 35.5. The van der Waals surface area contributed by atoms with E-state index in [0.29, 0.717) is 46.0 Å². The van der Waals surface area contributed by atoms with Gasteiger partial charge >= 0.3 is 0 Å². The van der Waals surface area contributed by atoms with Gasteiger partial charge in [-0.3, -0.25) is 4.79 Å². The van der Waals surface area contributed by atoms with Crippen molar-refractivity contribution >= 4 is 23.2 Å². The van der Waals surface area contributed by atoms with E-state index >= 15 is 0 Å². The van der Waals surface area contributed by atoms with Crippen LogP contribution >= 0.6 is 11.6 Å².